The smallest absolute Gasteiger partial charge is 0.0956 e. The third-order valence-electron chi connectivity index (χ3n) is 3.61. The van der Waals surface area contributed by atoms with Crippen molar-refractivity contribution in [1.82, 2.24) is 10.3 Å². The SMILES string of the molecule is Cc1nc(C(C)C)sc1[C@@H](C)N[C@@H]1C=C[C@H](CO)C1. The van der Waals surface area contributed by atoms with Crippen LogP contribution in [0.4, 0.5) is 0 Å². The molecule has 4 heteroatoms. The van der Waals surface area contributed by atoms with E-state index >= 15 is 0 Å². The van der Waals surface area contributed by atoms with Gasteiger partial charge in [-0.15, -0.1) is 11.3 Å². The highest BCUT2D eigenvalue weighted by molar-refractivity contribution is 7.11. The second-order valence-electron chi connectivity index (χ2n) is 5.71. The highest BCUT2D eigenvalue weighted by Crippen LogP contribution is 2.30. The van der Waals surface area contributed by atoms with Gasteiger partial charge < -0.3 is 10.4 Å². The van der Waals surface area contributed by atoms with Crippen LogP contribution in [0.2, 0.25) is 0 Å². The molecule has 1 heterocycles. The quantitative estimate of drug-likeness (QED) is 0.814. The minimum atomic E-state index is 0.250. The van der Waals surface area contributed by atoms with Gasteiger partial charge in [0.15, 0.2) is 0 Å². The van der Waals surface area contributed by atoms with Crippen LogP contribution in [0.3, 0.4) is 0 Å². The molecule has 1 aliphatic rings. The average Bonchev–Trinajstić information content (AvgIpc) is 2.95. The lowest BCUT2D eigenvalue weighted by atomic mass is 10.1. The molecule has 2 rings (SSSR count). The monoisotopic (exact) mass is 280 g/mol. The molecule has 0 bridgehead atoms. The van der Waals surface area contributed by atoms with Crippen LogP contribution in [-0.4, -0.2) is 22.7 Å². The van der Waals surface area contributed by atoms with Crippen molar-refractivity contribution >= 4 is 11.3 Å². The molecule has 0 unspecified atom stereocenters. The lowest BCUT2D eigenvalue weighted by Gasteiger charge is -2.18. The van der Waals surface area contributed by atoms with Crippen molar-refractivity contribution in [3.8, 4) is 0 Å². The zero-order valence-corrected chi connectivity index (χ0v) is 13.0. The van der Waals surface area contributed by atoms with E-state index in [0.29, 0.717) is 23.9 Å². The molecule has 19 heavy (non-hydrogen) atoms. The molecular formula is C15H24N2OS. The van der Waals surface area contributed by atoms with E-state index in [1.807, 2.05) is 11.3 Å². The second-order valence-corrected chi connectivity index (χ2v) is 6.78. The predicted molar refractivity (Wildman–Crippen MR) is 80.6 cm³/mol. The fourth-order valence-corrected chi connectivity index (χ4v) is 3.59. The molecule has 0 spiro atoms. The molecule has 0 fully saturated rings. The first-order chi connectivity index (χ1) is 9.01. The zero-order chi connectivity index (χ0) is 14.0. The summed E-state index contributed by atoms with van der Waals surface area (Å²) in [7, 11) is 0. The Hall–Kier alpha value is -0.710. The summed E-state index contributed by atoms with van der Waals surface area (Å²) in [5, 5.41) is 14.0. The standard InChI is InChI=1S/C15H24N2OS/c1-9(2)15-17-11(4)14(19-15)10(3)16-13-6-5-12(7-13)8-18/h5-6,9-10,12-13,16,18H,7-8H2,1-4H3/t10-,12+,13-/m1/s1. The molecule has 1 aromatic heterocycles. The first-order valence-electron chi connectivity index (χ1n) is 7.03. The fourth-order valence-electron chi connectivity index (χ4n) is 2.51. The Labute approximate surface area is 119 Å². The number of hydrogen-bond acceptors (Lipinski definition) is 4. The van der Waals surface area contributed by atoms with Crippen molar-refractivity contribution in [3.05, 3.63) is 27.7 Å². The van der Waals surface area contributed by atoms with E-state index in [9.17, 15) is 0 Å². The maximum atomic E-state index is 9.16. The van der Waals surface area contributed by atoms with Gasteiger partial charge in [0.1, 0.15) is 0 Å². The summed E-state index contributed by atoms with van der Waals surface area (Å²) < 4.78 is 0. The molecule has 0 aromatic carbocycles. The van der Waals surface area contributed by atoms with Gasteiger partial charge in [0.05, 0.1) is 10.7 Å². The third kappa shape index (κ3) is 3.44. The van der Waals surface area contributed by atoms with Crippen molar-refractivity contribution in [3.63, 3.8) is 0 Å². The molecule has 0 aliphatic heterocycles. The van der Waals surface area contributed by atoms with E-state index in [4.69, 9.17) is 5.11 Å². The molecule has 2 N–H and O–H groups in total. The van der Waals surface area contributed by atoms with E-state index in [1.54, 1.807) is 0 Å². The lowest BCUT2D eigenvalue weighted by Crippen LogP contribution is -2.29. The van der Waals surface area contributed by atoms with Gasteiger partial charge in [-0.25, -0.2) is 4.98 Å². The number of thiazole rings is 1. The van der Waals surface area contributed by atoms with Gasteiger partial charge >= 0.3 is 0 Å². The van der Waals surface area contributed by atoms with Crippen LogP contribution in [0, 0.1) is 12.8 Å². The zero-order valence-electron chi connectivity index (χ0n) is 12.2. The van der Waals surface area contributed by atoms with Crippen molar-refractivity contribution in [1.29, 1.82) is 0 Å². The summed E-state index contributed by atoms with van der Waals surface area (Å²) in [5.74, 6) is 0.813. The van der Waals surface area contributed by atoms with Crippen molar-refractivity contribution < 1.29 is 5.11 Å². The highest BCUT2D eigenvalue weighted by atomic mass is 32.1. The average molecular weight is 280 g/mol. The van der Waals surface area contributed by atoms with E-state index in [-0.39, 0.29) is 6.61 Å². The summed E-state index contributed by atoms with van der Waals surface area (Å²) in [4.78, 5) is 5.99. The molecule has 0 saturated heterocycles. The second kappa shape index (κ2) is 6.16. The topological polar surface area (TPSA) is 45.2 Å². The Balaban J connectivity index is 2.00. The van der Waals surface area contributed by atoms with Crippen molar-refractivity contribution in [2.24, 2.45) is 5.92 Å². The summed E-state index contributed by atoms with van der Waals surface area (Å²) >= 11 is 1.82. The first kappa shape index (κ1) is 14.7. The van der Waals surface area contributed by atoms with E-state index in [0.717, 1.165) is 12.1 Å². The Morgan fingerprint density at radius 2 is 2.16 bits per heavy atom. The molecular weight excluding hydrogens is 256 g/mol. The molecule has 106 valence electrons. The first-order valence-corrected chi connectivity index (χ1v) is 7.85. The largest absolute Gasteiger partial charge is 0.396 e. The number of rotatable bonds is 5. The number of aryl methyl sites for hydroxylation is 1. The van der Waals surface area contributed by atoms with Crippen LogP contribution in [0.15, 0.2) is 12.2 Å². The minimum Gasteiger partial charge on any atom is -0.396 e. The van der Waals surface area contributed by atoms with E-state index < -0.39 is 0 Å². The fraction of sp³-hybridized carbons (Fsp3) is 0.667. The van der Waals surface area contributed by atoms with Crippen LogP contribution in [-0.2, 0) is 0 Å². The summed E-state index contributed by atoms with van der Waals surface area (Å²) in [5.41, 5.74) is 1.15. The van der Waals surface area contributed by atoms with Gasteiger partial charge in [-0.1, -0.05) is 26.0 Å². The maximum Gasteiger partial charge on any atom is 0.0956 e. The Morgan fingerprint density at radius 3 is 2.68 bits per heavy atom. The Kier molecular flexibility index (Phi) is 4.76. The van der Waals surface area contributed by atoms with Gasteiger partial charge in [0.2, 0.25) is 0 Å². The Morgan fingerprint density at radius 1 is 1.42 bits per heavy atom. The van der Waals surface area contributed by atoms with Gasteiger partial charge in [-0.3, -0.25) is 0 Å². The molecule has 3 nitrogen and oxygen atoms in total. The lowest BCUT2D eigenvalue weighted by molar-refractivity contribution is 0.245. The third-order valence-corrected chi connectivity index (χ3v) is 5.25. The van der Waals surface area contributed by atoms with Crippen LogP contribution in [0.1, 0.15) is 54.7 Å². The highest BCUT2D eigenvalue weighted by Gasteiger charge is 2.22. The molecule has 0 amide bonds. The minimum absolute atomic E-state index is 0.250. The summed E-state index contributed by atoms with van der Waals surface area (Å²) in [6, 6.07) is 0.688. The molecule has 1 aromatic rings. The molecule has 3 atom stereocenters. The van der Waals surface area contributed by atoms with Gasteiger partial charge in [-0.2, -0.15) is 0 Å². The summed E-state index contributed by atoms with van der Waals surface area (Å²) in [6.07, 6.45) is 5.29. The number of aliphatic hydroxyl groups excluding tert-OH is 1. The van der Waals surface area contributed by atoms with E-state index in [2.05, 4.69) is 50.1 Å². The molecule has 1 aliphatic carbocycles. The van der Waals surface area contributed by atoms with Crippen molar-refractivity contribution in [2.75, 3.05) is 6.61 Å². The number of aromatic nitrogens is 1. The van der Waals surface area contributed by atoms with Crippen LogP contribution in [0.5, 0.6) is 0 Å². The van der Waals surface area contributed by atoms with Gasteiger partial charge in [0.25, 0.3) is 0 Å². The normalized spacial score (nSPS) is 24.3. The molecule has 0 saturated carbocycles. The summed E-state index contributed by atoms with van der Waals surface area (Å²) in [6.45, 7) is 8.92. The number of hydrogen-bond donors (Lipinski definition) is 2. The maximum absolute atomic E-state index is 9.16. The Bertz CT molecular complexity index is 453. The van der Waals surface area contributed by atoms with Crippen LogP contribution in [0.25, 0.3) is 0 Å². The van der Waals surface area contributed by atoms with E-state index in [1.165, 1.54) is 9.88 Å². The van der Waals surface area contributed by atoms with Gasteiger partial charge in [-0.05, 0) is 20.3 Å². The van der Waals surface area contributed by atoms with Crippen LogP contribution >= 0.6 is 11.3 Å². The predicted octanol–water partition coefficient (Wildman–Crippen LogP) is 3.16. The molecule has 0 radical (unpaired) electrons. The number of nitrogens with zero attached hydrogens (tertiary/aromatic N) is 1. The van der Waals surface area contributed by atoms with Crippen molar-refractivity contribution in [2.45, 2.75) is 52.1 Å². The number of nitrogens with one attached hydrogen (secondary N) is 1. The number of aliphatic hydroxyl groups is 1. The van der Waals surface area contributed by atoms with Gasteiger partial charge in [0, 0.05) is 35.4 Å². The van der Waals surface area contributed by atoms with Crippen LogP contribution < -0.4 is 5.32 Å².